The maximum absolute atomic E-state index is 14.0. The van der Waals surface area contributed by atoms with Gasteiger partial charge in [-0.05, 0) is 84.2 Å². The first-order valence-electron chi connectivity index (χ1n) is 16.8. The quantitative estimate of drug-likeness (QED) is 0.136. The van der Waals surface area contributed by atoms with Crippen LogP contribution in [0.4, 0.5) is 11.4 Å². The molecule has 0 radical (unpaired) electrons. The van der Waals surface area contributed by atoms with Crippen LogP contribution in [-0.2, 0) is 22.4 Å². The summed E-state index contributed by atoms with van der Waals surface area (Å²) in [6.45, 7) is 9.81. The van der Waals surface area contributed by atoms with Crippen molar-refractivity contribution in [2.24, 2.45) is 11.8 Å². The number of fused-ring (bicyclic) bond motifs is 4. The predicted molar refractivity (Wildman–Crippen MR) is 193 cm³/mol. The van der Waals surface area contributed by atoms with E-state index in [0.717, 1.165) is 34.4 Å². The summed E-state index contributed by atoms with van der Waals surface area (Å²) in [6.07, 6.45) is 2.45. The number of aromatic amines is 1. The van der Waals surface area contributed by atoms with Gasteiger partial charge in [0.2, 0.25) is 23.0 Å². The van der Waals surface area contributed by atoms with Crippen molar-refractivity contribution >= 4 is 34.2 Å². The summed E-state index contributed by atoms with van der Waals surface area (Å²) in [5.41, 5.74) is 5.31. The monoisotopic (exact) mass is 669 g/mol. The highest BCUT2D eigenvalue weighted by atomic mass is 16.5. The molecular formula is C38H47N5O6. The van der Waals surface area contributed by atoms with E-state index in [1.807, 2.05) is 44.2 Å². The highest BCUT2D eigenvalue weighted by Crippen LogP contribution is 2.50. The fourth-order valence-electron chi connectivity index (χ4n) is 6.57. The van der Waals surface area contributed by atoms with E-state index in [9.17, 15) is 14.4 Å². The zero-order valence-electron chi connectivity index (χ0n) is 29.6. The Morgan fingerprint density at radius 2 is 1.71 bits per heavy atom. The normalized spacial score (nSPS) is 14.4. The molecule has 0 aliphatic heterocycles. The third-order valence-electron chi connectivity index (χ3n) is 8.67. The van der Waals surface area contributed by atoms with Gasteiger partial charge in [-0.3, -0.25) is 14.4 Å². The highest BCUT2D eigenvalue weighted by molar-refractivity contribution is 5.98. The van der Waals surface area contributed by atoms with E-state index in [0.29, 0.717) is 59.2 Å². The van der Waals surface area contributed by atoms with Gasteiger partial charge < -0.3 is 35.1 Å². The van der Waals surface area contributed by atoms with Crippen LogP contribution in [0.3, 0.4) is 0 Å². The molecule has 1 aromatic heterocycles. The van der Waals surface area contributed by atoms with Crippen LogP contribution in [0.15, 0.2) is 47.3 Å². The molecule has 1 heterocycles. The predicted octanol–water partition coefficient (Wildman–Crippen LogP) is 6.40. The Labute approximate surface area is 287 Å². The lowest BCUT2D eigenvalue weighted by Crippen LogP contribution is -2.37. The molecule has 1 aliphatic carbocycles. The molecule has 1 aliphatic rings. The van der Waals surface area contributed by atoms with Crippen molar-refractivity contribution < 1.29 is 23.8 Å². The average Bonchev–Trinajstić information content (AvgIpc) is 3.29. The first kappa shape index (κ1) is 35.3. The number of hydrogen-bond donors (Lipinski definition) is 4. The van der Waals surface area contributed by atoms with Crippen molar-refractivity contribution in [2.45, 2.75) is 72.4 Å². The van der Waals surface area contributed by atoms with E-state index >= 15 is 0 Å². The van der Waals surface area contributed by atoms with Crippen LogP contribution < -0.4 is 35.6 Å². The number of H-pyrrole nitrogens is 1. The summed E-state index contributed by atoms with van der Waals surface area (Å²) >= 11 is 0. The number of nitrogens with zero attached hydrogens (tertiary/aromatic N) is 1. The summed E-state index contributed by atoms with van der Waals surface area (Å²) in [7, 11) is 4.68. The number of anilines is 2. The highest BCUT2D eigenvalue weighted by Gasteiger charge is 2.30. The zero-order chi connectivity index (χ0) is 35.4. The second-order valence-corrected chi connectivity index (χ2v) is 13.4. The Hall–Kier alpha value is -5.06. The largest absolute Gasteiger partial charge is 0.493 e. The fourth-order valence-corrected chi connectivity index (χ4v) is 6.57. The molecule has 11 nitrogen and oxygen atoms in total. The molecule has 0 saturated carbocycles. The van der Waals surface area contributed by atoms with Crippen LogP contribution in [0.2, 0.25) is 0 Å². The van der Waals surface area contributed by atoms with Gasteiger partial charge in [-0.15, -0.1) is 0 Å². The van der Waals surface area contributed by atoms with Crippen molar-refractivity contribution in [3.63, 3.8) is 0 Å². The summed E-state index contributed by atoms with van der Waals surface area (Å²) in [4.78, 5) is 48.1. The number of carbonyl (C=O) groups excluding carboxylic acids is 2. The van der Waals surface area contributed by atoms with Crippen molar-refractivity contribution in [2.75, 3.05) is 32.0 Å². The number of aromatic nitrogens is 2. The van der Waals surface area contributed by atoms with Crippen molar-refractivity contribution in [1.29, 1.82) is 0 Å². The second-order valence-electron chi connectivity index (χ2n) is 13.4. The molecule has 0 unspecified atom stereocenters. The van der Waals surface area contributed by atoms with E-state index in [2.05, 4.69) is 39.8 Å². The van der Waals surface area contributed by atoms with Crippen LogP contribution in [0.1, 0.15) is 70.5 Å². The molecule has 0 bridgehead atoms. The standard InChI is InChI=1S/C38H47N5O6/c1-20(2)15-31(38(46)40-24-10-13-28-30(18-24)43-34(42-28)16-21(3)4)41-29-14-11-25-26(19-32(29)45)27(39-22(5)44)12-9-23-17-33(47-6)36(48-7)37(49-8)35(23)25/h10-11,13-14,17-21,27,31H,9,12,15-16H2,1-8H3,(H,39,44)(H,40,46)(H,41,45)(H,42,43)/t27-,31+/m1/s1. The number of imidazole rings is 1. The van der Waals surface area contributed by atoms with Crippen LogP contribution >= 0.6 is 0 Å². The van der Waals surface area contributed by atoms with Crippen molar-refractivity contribution in [3.8, 4) is 28.4 Å². The topological polar surface area (TPSA) is 144 Å². The molecule has 0 saturated heterocycles. The van der Waals surface area contributed by atoms with Crippen LogP contribution in [0, 0.1) is 11.8 Å². The SMILES string of the molecule is COc1cc2c(c(OC)c1OC)-c1ccc(N[C@@H](CC(C)C)C(=O)Nc3ccc4nc(CC(C)C)[nH]c4c3)c(=O)cc1[C@H](NC(C)=O)CC2. The minimum Gasteiger partial charge on any atom is -0.493 e. The average molecular weight is 670 g/mol. The van der Waals surface area contributed by atoms with E-state index in [4.69, 9.17) is 14.2 Å². The third-order valence-corrected chi connectivity index (χ3v) is 8.67. The van der Waals surface area contributed by atoms with E-state index in [1.165, 1.54) is 6.92 Å². The third kappa shape index (κ3) is 7.82. The number of carbonyl (C=O) groups is 2. The summed E-state index contributed by atoms with van der Waals surface area (Å²) in [5, 5.41) is 9.33. The Kier molecular flexibility index (Phi) is 10.8. The number of amides is 2. The summed E-state index contributed by atoms with van der Waals surface area (Å²) in [6, 6.07) is 11.5. The van der Waals surface area contributed by atoms with Gasteiger partial charge in [-0.25, -0.2) is 4.98 Å². The molecular weight excluding hydrogens is 622 g/mol. The molecule has 0 spiro atoms. The Morgan fingerprint density at radius 1 is 0.959 bits per heavy atom. The number of benzene rings is 2. The Morgan fingerprint density at radius 3 is 2.37 bits per heavy atom. The molecule has 5 rings (SSSR count). The zero-order valence-corrected chi connectivity index (χ0v) is 29.6. The maximum atomic E-state index is 14.0. The number of rotatable bonds is 12. The molecule has 49 heavy (non-hydrogen) atoms. The lowest BCUT2D eigenvalue weighted by molar-refractivity contribution is -0.120. The second kappa shape index (κ2) is 15.0. The van der Waals surface area contributed by atoms with Gasteiger partial charge in [0.05, 0.1) is 44.1 Å². The van der Waals surface area contributed by atoms with Gasteiger partial charge in [0.25, 0.3) is 0 Å². The first-order valence-corrected chi connectivity index (χ1v) is 16.8. The van der Waals surface area contributed by atoms with Crippen molar-refractivity contribution in [3.05, 3.63) is 69.6 Å². The molecule has 2 amide bonds. The minimum atomic E-state index is -0.707. The van der Waals surface area contributed by atoms with Gasteiger partial charge in [-0.1, -0.05) is 33.8 Å². The van der Waals surface area contributed by atoms with Gasteiger partial charge in [0, 0.05) is 24.6 Å². The maximum Gasteiger partial charge on any atom is 0.246 e. The molecule has 2 atom stereocenters. The smallest absolute Gasteiger partial charge is 0.246 e. The molecule has 4 N–H and O–H groups in total. The number of ether oxygens (including phenoxy) is 3. The van der Waals surface area contributed by atoms with Gasteiger partial charge in [-0.2, -0.15) is 0 Å². The van der Waals surface area contributed by atoms with E-state index in [-0.39, 0.29) is 28.8 Å². The van der Waals surface area contributed by atoms with Gasteiger partial charge >= 0.3 is 0 Å². The summed E-state index contributed by atoms with van der Waals surface area (Å²) in [5.74, 6) is 2.48. The fraction of sp³-hybridized carbons (Fsp3) is 0.421. The molecule has 11 heteroatoms. The lowest BCUT2D eigenvalue weighted by Gasteiger charge is -2.20. The number of aryl methyl sites for hydroxylation is 1. The van der Waals surface area contributed by atoms with E-state index in [1.54, 1.807) is 33.5 Å². The summed E-state index contributed by atoms with van der Waals surface area (Å²) < 4.78 is 17.2. The van der Waals surface area contributed by atoms with Gasteiger partial charge in [0.1, 0.15) is 11.9 Å². The number of hydrogen-bond acceptors (Lipinski definition) is 8. The molecule has 3 aromatic carbocycles. The Bertz CT molecular complexity index is 1920. The number of nitrogens with one attached hydrogen (secondary N) is 4. The molecule has 4 aromatic rings. The van der Waals surface area contributed by atoms with Crippen LogP contribution in [-0.4, -0.2) is 49.2 Å². The van der Waals surface area contributed by atoms with Gasteiger partial charge in [0.15, 0.2) is 11.5 Å². The molecule has 260 valence electrons. The molecule has 0 fully saturated rings. The van der Waals surface area contributed by atoms with Crippen LogP contribution in [0.5, 0.6) is 17.2 Å². The first-order chi connectivity index (χ1) is 23.4. The Balaban J connectivity index is 1.54. The minimum absolute atomic E-state index is 0.156. The lowest BCUT2D eigenvalue weighted by atomic mass is 9.95. The van der Waals surface area contributed by atoms with Crippen LogP contribution in [0.25, 0.3) is 22.2 Å². The van der Waals surface area contributed by atoms with Crippen molar-refractivity contribution in [1.82, 2.24) is 15.3 Å². The van der Waals surface area contributed by atoms with E-state index < -0.39 is 12.1 Å². The number of methoxy groups -OCH3 is 3.